The van der Waals surface area contributed by atoms with Crippen LogP contribution < -0.4 is 5.32 Å². The highest BCUT2D eigenvalue weighted by Gasteiger charge is 2.58. The normalized spacial score (nSPS) is 36.5. The molecule has 19 heavy (non-hydrogen) atoms. The number of hydrogen-bond donors (Lipinski definition) is 2. The number of carbonyl (C=O) groups is 1. The molecular formula is C13H20F3NO2. The van der Waals surface area contributed by atoms with E-state index in [1.165, 1.54) is 0 Å². The summed E-state index contributed by atoms with van der Waals surface area (Å²) in [7, 11) is 0. The summed E-state index contributed by atoms with van der Waals surface area (Å²) in [5, 5.41) is 11.2. The van der Waals surface area contributed by atoms with Crippen molar-refractivity contribution in [3.05, 3.63) is 0 Å². The summed E-state index contributed by atoms with van der Waals surface area (Å²) < 4.78 is 36.9. The number of hydrogen-bond acceptors (Lipinski definition) is 2. The van der Waals surface area contributed by atoms with Gasteiger partial charge in [0.15, 0.2) is 0 Å². The predicted molar refractivity (Wildman–Crippen MR) is 63.2 cm³/mol. The highest BCUT2D eigenvalue weighted by Crippen LogP contribution is 2.62. The maximum absolute atomic E-state index is 12.3. The summed E-state index contributed by atoms with van der Waals surface area (Å²) in [6.45, 7) is 4.19. The van der Waals surface area contributed by atoms with Crippen LogP contribution in [0.15, 0.2) is 0 Å². The van der Waals surface area contributed by atoms with Gasteiger partial charge >= 0.3 is 12.1 Å². The Labute approximate surface area is 110 Å². The monoisotopic (exact) mass is 279 g/mol. The number of amides is 1. The molecule has 0 radical (unpaired) electrons. The molecule has 0 aromatic heterocycles. The van der Waals surface area contributed by atoms with Crippen molar-refractivity contribution in [3.63, 3.8) is 0 Å². The topological polar surface area (TPSA) is 49.3 Å². The lowest BCUT2D eigenvalue weighted by Crippen LogP contribution is -2.62. The molecule has 0 aliphatic heterocycles. The van der Waals surface area contributed by atoms with Crippen LogP contribution in [0, 0.1) is 23.2 Å². The van der Waals surface area contributed by atoms with E-state index in [2.05, 4.69) is 19.2 Å². The minimum atomic E-state index is -4.83. The molecule has 2 bridgehead atoms. The van der Waals surface area contributed by atoms with E-state index in [0.717, 1.165) is 6.42 Å². The van der Waals surface area contributed by atoms with Crippen molar-refractivity contribution in [1.82, 2.24) is 5.32 Å². The molecule has 0 saturated heterocycles. The van der Waals surface area contributed by atoms with Crippen LogP contribution in [-0.2, 0) is 4.79 Å². The molecule has 3 nitrogen and oxygen atoms in total. The van der Waals surface area contributed by atoms with Gasteiger partial charge in [-0.3, -0.25) is 4.79 Å². The first kappa shape index (κ1) is 14.6. The van der Waals surface area contributed by atoms with Crippen LogP contribution in [0.25, 0.3) is 0 Å². The summed E-state index contributed by atoms with van der Waals surface area (Å²) in [6, 6.07) is -0.460. The highest BCUT2D eigenvalue weighted by molar-refractivity contribution is 5.82. The Morgan fingerprint density at radius 2 is 2.00 bits per heavy atom. The maximum atomic E-state index is 12.3. The first-order valence-corrected chi connectivity index (χ1v) is 6.66. The Kier molecular flexibility index (Phi) is 3.58. The summed E-state index contributed by atoms with van der Waals surface area (Å²) >= 11 is 0. The van der Waals surface area contributed by atoms with Crippen LogP contribution in [0.1, 0.15) is 33.1 Å². The number of aliphatic hydroxyl groups excluding tert-OH is 1. The van der Waals surface area contributed by atoms with E-state index < -0.39 is 18.1 Å². The van der Waals surface area contributed by atoms with Crippen LogP contribution >= 0.6 is 0 Å². The van der Waals surface area contributed by atoms with E-state index in [1.54, 1.807) is 0 Å². The molecule has 0 aromatic carbocycles. The van der Waals surface area contributed by atoms with E-state index in [0.29, 0.717) is 18.8 Å². The zero-order valence-electron chi connectivity index (χ0n) is 11.1. The molecular weight excluding hydrogens is 259 g/mol. The first-order valence-electron chi connectivity index (χ1n) is 6.66. The van der Waals surface area contributed by atoms with Crippen molar-refractivity contribution in [2.24, 2.45) is 23.2 Å². The third-order valence-corrected chi connectivity index (χ3v) is 5.15. The zero-order chi connectivity index (χ0) is 14.4. The average molecular weight is 279 g/mol. The van der Waals surface area contributed by atoms with Crippen LogP contribution in [0.4, 0.5) is 13.2 Å². The Morgan fingerprint density at radius 3 is 2.47 bits per heavy atom. The molecule has 0 aromatic rings. The lowest BCUT2D eigenvalue weighted by atomic mass is 9.44. The molecule has 3 unspecified atom stereocenters. The van der Waals surface area contributed by atoms with Gasteiger partial charge in [-0.15, -0.1) is 0 Å². The van der Waals surface area contributed by atoms with Gasteiger partial charge in [-0.2, -0.15) is 13.2 Å². The maximum Gasteiger partial charge on any atom is 0.471 e. The smallest absolute Gasteiger partial charge is 0.396 e. The summed E-state index contributed by atoms with van der Waals surface area (Å²) in [5.41, 5.74) is 0.110. The molecule has 110 valence electrons. The minimum Gasteiger partial charge on any atom is -0.396 e. The predicted octanol–water partition coefficient (Wildman–Crippen LogP) is 2.10. The minimum absolute atomic E-state index is 0.0553. The van der Waals surface area contributed by atoms with Crippen molar-refractivity contribution < 1.29 is 23.1 Å². The second-order valence-electron chi connectivity index (χ2n) is 6.35. The van der Waals surface area contributed by atoms with E-state index >= 15 is 0 Å². The summed E-state index contributed by atoms with van der Waals surface area (Å²) in [5.74, 6) is -1.27. The number of fused-ring (bicyclic) bond motifs is 2. The van der Waals surface area contributed by atoms with Gasteiger partial charge in [0.25, 0.3) is 0 Å². The van der Waals surface area contributed by atoms with Gasteiger partial charge in [-0.1, -0.05) is 13.8 Å². The number of alkyl halides is 3. The van der Waals surface area contributed by atoms with Crippen molar-refractivity contribution in [3.8, 4) is 0 Å². The molecule has 3 fully saturated rings. The van der Waals surface area contributed by atoms with Crippen molar-refractivity contribution in [1.29, 1.82) is 0 Å². The molecule has 3 aliphatic rings. The standard InChI is InChI=1S/C13H20F3NO2/c1-12(2)7-5-9(12)8(3-4-18)10(6-7)17-11(19)13(14,15)16/h7-10,18H,3-6H2,1-2H3,(H,17,19)/t7?,8?,9?,10-/m0/s1. The van der Waals surface area contributed by atoms with Crippen molar-refractivity contribution in [2.45, 2.75) is 45.3 Å². The van der Waals surface area contributed by atoms with Gasteiger partial charge in [0.05, 0.1) is 0 Å². The quantitative estimate of drug-likeness (QED) is 0.831. The molecule has 0 heterocycles. The summed E-state index contributed by atoms with van der Waals surface area (Å²) in [6.07, 6.45) is -2.81. The second kappa shape index (κ2) is 4.65. The Hall–Kier alpha value is -0.780. The molecule has 2 N–H and O–H groups in total. The van der Waals surface area contributed by atoms with Crippen molar-refractivity contribution >= 4 is 5.91 Å². The van der Waals surface area contributed by atoms with Gasteiger partial charge < -0.3 is 10.4 Å². The molecule has 3 saturated carbocycles. The number of halogens is 3. The van der Waals surface area contributed by atoms with E-state index in [1.807, 2.05) is 0 Å². The van der Waals surface area contributed by atoms with E-state index in [-0.39, 0.29) is 23.9 Å². The molecule has 0 spiro atoms. The largest absolute Gasteiger partial charge is 0.471 e. The number of carbonyl (C=O) groups excluding carboxylic acids is 1. The van der Waals surface area contributed by atoms with Gasteiger partial charge in [-0.25, -0.2) is 0 Å². The van der Waals surface area contributed by atoms with Gasteiger partial charge in [-0.05, 0) is 42.4 Å². The van der Waals surface area contributed by atoms with Crippen LogP contribution in [0.5, 0.6) is 0 Å². The number of rotatable bonds is 3. The Bertz CT molecular complexity index is 367. The Balaban J connectivity index is 2.07. The lowest BCUT2D eigenvalue weighted by molar-refractivity contribution is -0.179. The third-order valence-electron chi connectivity index (χ3n) is 5.15. The van der Waals surface area contributed by atoms with Crippen LogP contribution in [0.3, 0.4) is 0 Å². The fraction of sp³-hybridized carbons (Fsp3) is 0.923. The fourth-order valence-corrected chi connectivity index (χ4v) is 3.91. The Morgan fingerprint density at radius 1 is 1.37 bits per heavy atom. The molecule has 1 amide bonds. The van der Waals surface area contributed by atoms with Crippen LogP contribution in [0.2, 0.25) is 0 Å². The SMILES string of the molecule is CC1(C)C2CC1C(CCO)[C@@H](NC(=O)C(F)(F)F)C2. The van der Waals surface area contributed by atoms with Gasteiger partial charge in [0.1, 0.15) is 0 Å². The average Bonchev–Trinajstić information content (AvgIpc) is 2.29. The third kappa shape index (κ3) is 2.47. The zero-order valence-corrected chi connectivity index (χ0v) is 11.1. The van der Waals surface area contributed by atoms with Crippen molar-refractivity contribution in [2.75, 3.05) is 6.61 Å². The fourth-order valence-electron chi connectivity index (χ4n) is 3.91. The number of nitrogens with one attached hydrogen (secondary N) is 1. The van der Waals surface area contributed by atoms with Gasteiger partial charge in [0.2, 0.25) is 0 Å². The molecule has 6 heteroatoms. The first-order chi connectivity index (χ1) is 8.67. The lowest BCUT2D eigenvalue weighted by Gasteiger charge is -2.62. The molecule has 3 rings (SSSR count). The highest BCUT2D eigenvalue weighted by atomic mass is 19.4. The van der Waals surface area contributed by atoms with Gasteiger partial charge in [0, 0.05) is 12.6 Å². The van der Waals surface area contributed by atoms with Crippen LogP contribution in [-0.4, -0.2) is 29.8 Å². The number of aliphatic hydroxyl groups is 1. The molecule has 3 aliphatic carbocycles. The second-order valence-corrected chi connectivity index (χ2v) is 6.35. The summed E-state index contributed by atoms with van der Waals surface area (Å²) in [4.78, 5) is 11.1. The van der Waals surface area contributed by atoms with E-state index in [4.69, 9.17) is 5.11 Å². The molecule has 4 atom stereocenters. The van der Waals surface area contributed by atoms with E-state index in [9.17, 15) is 18.0 Å².